The molecule has 1 aromatic heterocycles. The number of nitrogens with zero attached hydrogens (tertiary/aromatic N) is 2. The number of hydrogen-bond acceptors (Lipinski definition) is 3. The van der Waals surface area contributed by atoms with Gasteiger partial charge in [-0.25, -0.2) is 9.37 Å². The zero-order valence-electron chi connectivity index (χ0n) is 7.74. The maximum atomic E-state index is 13.2. The molecule has 0 atom stereocenters. The summed E-state index contributed by atoms with van der Waals surface area (Å²) in [7, 11) is 0. The SMILES string of the molecule is CSc1nc(=S)n(C(C)C)cc1F. The summed E-state index contributed by atoms with van der Waals surface area (Å²) in [6.07, 6.45) is 3.19. The van der Waals surface area contributed by atoms with Crippen molar-refractivity contribution in [3.63, 3.8) is 0 Å². The van der Waals surface area contributed by atoms with Crippen LogP contribution >= 0.6 is 24.0 Å². The van der Waals surface area contributed by atoms with Crippen LogP contribution in [-0.2, 0) is 0 Å². The van der Waals surface area contributed by atoms with Gasteiger partial charge in [0, 0.05) is 12.2 Å². The third kappa shape index (κ3) is 2.28. The van der Waals surface area contributed by atoms with E-state index in [2.05, 4.69) is 4.98 Å². The zero-order valence-corrected chi connectivity index (χ0v) is 9.38. The van der Waals surface area contributed by atoms with Gasteiger partial charge >= 0.3 is 0 Å². The van der Waals surface area contributed by atoms with Crippen LogP contribution in [0.2, 0.25) is 0 Å². The number of rotatable bonds is 2. The average molecular weight is 218 g/mol. The van der Waals surface area contributed by atoms with Crippen molar-refractivity contribution in [1.29, 1.82) is 0 Å². The summed E-state index contributed by atoms with van der Waals surface area (Å²) in [6.45, 7) is 3.88. The van der Waals surface area contributed by atoms with E-state index in [4.69, 9.17) is 12.2 Å². The van der Waals surface area contributed by atoms with Gasteiger partial charge in [-0.1, -0.05) is 0 Å². The molecular weight excluding hydrogens is 207 g/mol. The number of aromatic nitrogens is 2. The first-order chi connectivity index (χ1) is 6.06. The predicted octanol–water partition coefficient (Wildman–Crippen LogP) is 3.05. The van der Waals surface area contributed by atoms with Crippen LogP contribution in [0.1, 0.15) is 19.9 Å². The first-order valence-electron chi connectivity index (χ1n) is 3.89. The molecule has 0 saturated carbocycles. The largest absolute Gasteiger partial charge is 0.318 e. The fourth-order valence-corrected chi connectivity index (χ4v) is 1.78. The molecule has 0 N–H and O–H groups in total. The highest BCUT2D eigenvalue weighted by Crippen LogP contribution is 2.17. The molecule has 0 spiro atoms. The summed E-state index contributed by atoms with van der Waals surface area (Å²) in [4.78, 5) is 3.98. The van der Waals surface area contributed by atoms with Gasteiger partial charge in [-0.3, -0.25) is 0 Å². The molecule has 0 fully saturated rings. The van der Waals surface area contributed by atoms with E-state index >= 15 is 0 Å². The molecule has 0 radical (unpaired) electrons. The predicted molar refractivity (Wildman–Crippen MR) is 55.2 cm³/mol. The van der Waals surface area contributed by atoms with Crippen LogP contribution in [0, 0.1) is 10.6 Å². The summed E-state index contributed by atoms with van der Waals surface area (Å²) in [5.41, 5.74) is 0. The Morgan fingerprint density at radius 1 is 1.62 bits per heavy atom. The van der Waals surface area contributed by atoms with E-state index in [0.717, 1.165) is 0 Å². The lowest BCUT2D eigenvalue weighted by atomic mass is 10.4. The molecule has 1 rings (SSSR count). The standard InChI is InChI=1S/C8H11FN2S2/c1-5(2)11-4-6(9)7(13-3)10-8(11)12/h4-5H,1-3H3. The maximum Gasteiger partial charge on any atom is 0.200 e. The van der Waals surface area contributed by atoms with Crippen LogP contribution in [0.25, 0.3) is 0 Å². The zero-order chi connectivity index (χ0) is 10.0. The topological polar surface area (TPSA) is 17.8 Å². The molecular formula is C8H11FN2S2. The van der Waals surface area contributed by atoms with Gasteiger partial charge in [-0.2, -0.15) is 0 Å². The number of thioether (sulfide) groups is 1. The van der Waals surface area contributed by atoms with Crippen LogP contribution in [0.5, 0.6) is 0 Å². The molecule has 1 heterocycles. The van der Waals surface area contributed by atoms with Gasteiger partial charge in [0.15, 0.2) is 5.82 Å². The molecule has 0 aromatic carbocycles. The van der Waals surface area contributed by atoms with Gasteiger partial charge in [-0.05, 0) is 32.3 Å². The maximum absolute atomic E-state index is 13.2. The molecule has 0 bridgehead atoms. The van der Waals surface area contributed by atoms with Crippen molar-refractivity contribution in [3.05, 3.63) is 16.8 Å². The normalized spacial score (nSPS) is 10.8. The molecule has 0 aliphatic rings. The van der Waals surface area contributed by atoms with E-state index in [1.54, 1.807) is 10.8 Å². The molecule has 5 heteroatoms. The van der Waals surface area contributed by atoms with Gasteiger partial charge in [0.1, 0.15) is 5.03 Å². The average Bonchev–Trinajstić information content (AvgIpc) is 2.07. The molecule has 72 valence electrons. The molecule has 1 aromatic rings. The lowest BCUT2D eigenvalue weighted by molar-refractivity contribution is 0.507. The van der Waals surface area contributed by atoms with Crippen LogP contribution < -0.4 is 0 Å². The Hall–Kier alpha value is -0.420. The smallest absolute Gasteiger partial charge is 0.200 e. The summed E-state index contributed by atoms with van der Waals surface area (Å²) in [5, 5.41) is 0.363. The second-order valence-corrected chi connectivity index (χ2v) is 4.04. The van der Waals surface area contributed by atoms with E-state index in [-0.39, 0.29) is 11.9 Å². The van der Waals surface area contributed by atoms with Gasteiger partial charge in [-0.15, -0.1) is 11.8 Å². The first-order valence-corrected chi connectivity index (χ1v) is 5.52. The summed E-state index contributed by atoms with van der Waals surface area (Å²) >= 11 is 6.28. The molecule has 0 unspecified atom stereocenters. The van der Waals surface area contributed by atoms with Crippen molar-refractivity contribution < 1.29 is 4.39 Å². The summed E-state index contributed by atoms with van der Waals surface area (Å²) < 4.78 is 15.3. The van der Waals surface area contributed by atoms with Crippen molar-refractivity contribution in [2.24, 2.45) is 0 Å². The minimum absolute atomic E-state index is 0.144. The van der Waals surface area contributed by atoms with E-state index in [9.17, 15) is 4.39 Å². The number of halogens is 1. The fourth-order valence-electron chi connectivity index (χ4n) is 0.944. The second kappa shape index (κ2) is 4.19. The molecule has 0 saturated heterocycles. The second-order valence-electron chi connectivity index (χ2n) is 2.88. The molecule has 0 amide bonds. The minimum Gasteiger partial charge on any atom is -0.318 e. The van der Waals surface area contributed by atoms with E-state index < -0.39 is 0 Å². The van der Waals surface area contributed by atoms with E-state index in [0.29, 0.717) is 9.80 Å². The minimum atomic E-state index is -0.310. The van der Waals surface area contributed by atoms with Crippen molar-refractivity contribution in [2.45, 2.75) is 24.9 Å². The van der Waals surface area contributed by atoms with Gasteiger partial charge in [0.05, 0.1) is 0 Å². The summed E-state index contributed by atoms with van der Waals surface area (Å²) in [6, 6.07) is 0.144. The highest BCUT2D eigenvalue weighted by atomic mass is 32.2. The van der Waals surface area contributed by atoms with Crippen molar-refractivity contribution in [3.8, 4) is 0 Å². The summed E-state index contributed by atoms with van der Waals surface area (Å²) in [5.74, 6) is -0.310. The lowest BCUT2D eigenvalue weighted by Gasteiger charge is -2.11. The van der Waals surface area contributed by atoms with Crippen LogP contribution in [0.15, 0.2) is 11.2 Å². The Bertz CT molecular complexity index is 360. The van der Waals surface area contributed by atoms with Crippen molar-refractivity contribution in [2.75, 3.05) is 6.26 Å². The highest BCUT2D eigenvalue weighted by Gasteiger charge is 2.06. The Labute approximate surface area is 86.2 Å². The van der Waals surface area contributed by atoms with Crippen LogP contribution in [-0.4, -0.2) is 15.8 Å². The molecule has 2 nitrogen and oxygen atoms in total. The Kier molecular flexibility index (Phi) is 3.44. The lowest BCUT2D eigenvalue weighted by Crippen LogP contribution is -2.06. The quantitative estimate of drug-likeness (QED) is 0.431. The van der Waals surface area contributed by atoms with Crippen molar-refractivity contribution in [1.82, 2.24) is 9.55 Å². The third-order valence-corrected chi connectivity index (χ3v) is 2.60. The van der Waals surface area contributed by atoms with Gasteiger partial charge in [0.25, 0.3) is 0 Å². The van der Waals surface area contributed by atoms with E-state index in [1.807, 2.05) is 13.8 Å². The van der Waals surface area contributed by atoms with Crippen LogP contribution in [0.4, 0.5) is 4.39 Å². The van der Waals surface area contributed by atoms with Crippen molar-refractivity contribution >= 4 is 24.0 Å². The Morgan fingerprint density at radius 3 is 2.69 bits per heavy atom. The number of hydrogen-bond donors (Lipinski definition) is 0. The third-order valence-electron chi connectivity index (χ3n) is 1.62. The van der Waals surface area contributed by atoms with Gasteiger partial charge in [0.2, 0.25) is 4.77 Å². The molecule has 0 aliphatic heterocycles. The first kappa shape index (κ1) is 10.7. The fraction of sp³-hybridized carbons (Fsp3) is 0.500. The Morgan fingerprint density at radius 2 is 2.23 bits per heavy atom. The monoisotopic (exact) mass is 218 g/mol. The van der Waals surface area contributed by atoms with Gasteiger partial charge < -0.3 is 4.57 Å². The molecule has 0 aliphatic carbocycles. The van der Waals surface area contributed by atoms with Crippen LogP contribution in [0.3, 0.4) is 0 Å². The highest BCUT2D eigenvalue weighted by molar-refractivity contribution is 7.98. The Balaban J connectivity index is 3.29. The molecule has 13 heavy (non-hydrogen) atoms. The van der Waals surface area contributed by atoms with E-state index in [1.165, 1.54) is 18.0 Å².